The largest absolute Gasteiger partial charge is 0.493 e. The second-order valence-corrected chi connectivity index (χ2v) is 8.93. The van der Waals surface area contributed by atoms with E-state index in [0.717, 1.165) is 20.3 Å². The minimum absolute atomic E-state index is 0.0454. The average molecular weight is 582 g/mol. The second kappa shape index (κ2) is 11.5. The van der Waals surface area contributed by atoms with Gasteiger partial charge >= 0.3 is 5.97 Å². The highest BCUT2D eigenvalue weighted by molar-refractivity contribution is 14.1. The fraction of sp³-hybridized carbons (Fsp3) is 0.148. The number of aromatic carboxylic acids is 1. The summed E-state index contributed by atoms with van der Waals surface area (Å²) >= 11 is 2.10. The van der Waals surface area contributed by atoms with Gasteiger partial charge in [0.25, 0.3) is 5.91 Å². The monoisotopic (exact) mass is 582 g/mol. The topological polar surface area (TPSA) is 109 Å². The predicted molar refractivity (Wildman–Crippen MR) is 142 cm³/mol. The zero-order valence-corrected chi connectivity index (χ0v) is 21.5. The van der Waals surface area contributed by atoms with E-state index < -0.39 is 11.9 Å². The molecule has 0 unspecified atom stereocenters. The number of aryl methyl sites for hydroxylation is 2. The number of carbonyl (C=O) groups is 2. The lowest BCUT2D eigenvalue weighted by Gasteiger charge is -2.14. The Morgan fingerprint density at radius 3 is 2.46 bits per heavy atom. The molecule has 0 spiro atoms. The maximum atomic E-state index is 12.7. The number of hydrogen-bond donors (Lipinski definition) is 2. The summed E-state index contributed by atoms with van der Waals surface area (Å²) in [5, 5.41) is 21.4. The molecule has 0 saturated heterocycles. The number of hydrogen-bond acceptors (Lipinski definition) is 5. The van der Waals surface area contributed by atoms with Crippen molar-refractivity contribution in [3.8, 4) is 17.6 Å². The molecule has 35 heavy (non-hydrogen) atoms. The van der Waals surface area contributed by atoms with E-state index in [4.69, 9.17) is 14.6 Å². The number of nitrogens with zero attached hydrogens (tertiary/aromatic N) is 1. The number of amides is 1. The molecule has 8 heteroatoms. The first kappa shape index (κ1) is 25.8. The zero-order chi connectivity index (χ0) is 25.5. The van der Waals surface area contributed by atoms with Gasteiger partial charge in [-0.05, 0) is 95.1 Å². The molecule has 0 saturated carbocycles. The van der Waals surface area contributed by atoms with Crippen molar-refractivity contribution in [2.24, 2.45) is 0 Å². The van der Waals surface area contributed by atoms with Crippen LogP contribution < -0.4 is 14.8 Å². The molecule has 7 nitrogen and oxygen atoms in total. The smallest absolute Gasteiger partial charge is 0.335 e. The minimum Gasteiger partial charge on any atom is -0.493 e. The van der Waals surface area contributed by atoms with Crippen molar-refractivity contribution >= 4 is 46.2 Å². The Hall–Kier alpha value is -3.84. The summed E-state index contributed by atoms with van der Waals surface area (Å²) < 4.78 is 12.1. The van der Waals surface area contributed by atoms with Crippen molar-refractivity contribution in [3.63, 3.8) is 0 Å². The molecule has 3 aromatic rings. The van der Waals surface area contributed by atoms with E-state index in [2.05, 4.69) is 27.9 Å². The predicted octanol–water partition coefficient (Wildman–Crippen LogP) is 5.74. The molecule has 0 aromatic heterocycles. The Labute approximate surface area is 217 Å². The Balaban J connectivity index is 1.81. The third-order valence-corrected chi connectivity index (χ3v) is 5.95. The van der Waals surface area contributed by atoms with Gasteiger partial charge in [0, 0.05) is 5.69 Å². The Kier molecular flexibility index (Phi) is 8.49. The molecule has 0 radical (unpaired) electrons. The fourth-order valence-electron chi connectivity index (χ4n) is 3.24. The number of carbonyl (C=O) groups excluding carboxylic acids is 1. The fourth-order valence-corrected chi connectivity index (χ4v) is 4.02. The SMILES string of the molecule is COc1cc(/C=C(\C#N)C(=O)Nc2cc(C)ccc2C)cc(I)c1OCc1ccc(C(=O)O)cc1. The van der Waals surface area contributed by atoms with Crippen LogP contribution in [0.2, 0.25) is 0 Å². The van der Waals surface area contributed by atoms with E-state index in [0.29, 0.717) is 22.7 Å². The average Bonchev–Trinajstić information content (AvgIpc) is 2.83. The molecule has 0 fully saturated rings. The lowest BCUT2D eigenvalue weighted by Crippen LogP contribution is -2.14. The first-order chi connectivity index (χ1) is 16.7. The van der Waals surface area contributed by atoms with Crippen LogP contribution in [-0.4, -0.2) is 24.1 Å². The van der Waals surface area contributed by atoms with E-state index in [9.17, 15) is 14.9 Å². The molecule has 0 aliphatic carbocycles. The zero-order valence-electron chi connectivity index (χ0n) is 19.4. The lowest BCUT2D eigenvalue weighted by atomic mass is 10.1. The summed E-state index contributed by atoms with van der Waals surface area (Å²) in [6.07, 6.45) is 1.50. The van der Waals surface area contributed by atoms with Gasteiger partial charge in [0.2, 0.25) is 0 Å². The van der Waals surface area contributed by atoms with Crippen LogP contribution >= 0.6 is 22.6 Å². The Morgan fingerprint density at radius 1 is 1.11 bits per heavy atom. The van der Waals surface area contributed by atoms with Gasteiger partial charge < -0.3 is 19.9 Å². The summed E-state index contributed by atoms with van der Waals surface area (Å²) in [4.78, 5) is 23.8. The number of rotatable bonds is 8. The third-order valence-electron chi connectivity index (χ3n) is 5.15. The number of nitriles is 1. The number of halogens is 1. The van der Waals surface area contributed by atoms with Crippen LogP contribution in [0.25, 0.3) is 6.08 Å². The molecule has 178 valence electrons. The molecule has 0 bridgehead atoms. The van der Waals surface area contributed by atoms with E-state index >= 15 is 0 Å². The van der Waals surface area contributed by atoms with Gasteiger partial charge in [0.1, 0.15) is 18.2 Å². The molecule has 1 amide bonds. The highest BCUT2D eigenvalue weighted by atomic mass is 127. The lowest BCUT2D eigenvalue weighted by molar-refractivity contribution is -0.112. The molecule has 3 aromatic carbocycles. The first-order valence-corrected chi connectivity index (χ1v) is 11.6. The second-order valence-electron chi connectivity index (χ2n) is 7.77. The van der Waals surface area contributed by atoms with Crippen LogP contribution in [0.3, 0.4) is 0 Å². The molecule has 3 rings (SSSR count). The summed E-state index contributed by atoms with van der Waals surface area (Å²) in [5.74, 6) is -0.541. The molecule has 0 aliphatic rings. The number of benzene rings is 3. The molecular weight excluding hydrogens is 559 g/mol. The normalized spacial score (nSPS) is 10.9. The van der Waals surface area contributed by atoms with Crippen LogP contribution in [0, 0.1) is 28.7 Å². The molecule has 0 aliphatic heterocycles. The maximum Gasteiger partial charge on any atom is 0.335 e. The van der Waals surface area contributed by atoms with E-state index in [1.165, 1.54) is 25.3 Å². The Bertz CT molecular complexity index is 1340. The number of methoxy groups -OCH3 is 1. The summed E-state index contributed by atoms with van der Waals surface area (Å²) in [7, 11) is 1.51. The number of anilines is 1. The van der Waals surface area contributed by atoms with Crippen LogP contribution in [0.5, 0.6) is 11.5 Å². The van der Waals surface area contributed by atoms with E-state index in [-0.39, 0.29) is 17.7 Å². The maximum absolute atomic E-state index is 12.7. The van der Waals surface area contributed by atoms with Crippen LogP contribution in [0.1, 0.15) is 32.6 Å². The first-order valence-electron chi connectivity index (χ1n) is 10.5. The van der Waals surface area contributed by atoms with Crippen molar-refractivity contribution in [3.05, 3.63) is 91.6 Å². The number of carboxylic acid groups (broad SMARTS) is 1. The van der Waals surface area contributed by atoms with Crippen molar-refractivity contribution < 1.29 is 24.2 Å². The van der Waals surface area contributed by atoms with Crippen LogP contribution in [0.15, 0.2) is 60.2 Å². The molecule has 0 heterocycles. The van der Waals surface area contributed by atoms with Crippen LogP contribution in [-0.2, 0) is 11.4 Å². The number of carboxylic acids is 1. The molecule has 0 atom stereocenters. The summed E-state index contributed by atoms with van der Waals surface area (Å²) in [6.45, 7) is 4.03. The van der Waals surface area contributed by atoms with Crippen molar-refractivity contribution in [1.29, 1.82) is 5.26 Å². The van der Waals surface area contributed by atoms with Gasteiger partial charge in [0.05, 0.1) is 16.2 Å². The standard InChI is InChI=1S/C27H23IN2O5/c1-16-4-5-17(2)23(10-16)30-26(31)21(14-29)11-19-12-22(28)25(24(13-19)34-3)35-15-18-6-8-20(9-7-18)27(32)33/h4-13H,15H2,1-3H3,(H,30,31)(H,32,33)/b21-11+. The quantitative estimate of drug-likeness (QED) is 0.199. The van der Waals surface area contributed by atoms with Gasteiger partial charge in [-0.2, -0.15) is 5.26 Å². The van der Waals surface area contributed by atoms with Gasteiger partial charge in [0.15, 0.2) is 11.5 Å². The van der Waals surface area contributed by atoms with Crippen molar-refractivity contribution in [1.82, 2.24) is 0 Å². The van der Waals surface area contributed by atoms with Crippen LogP contribution in [0.4, 0.5) is 5.69 Å². The summed E-state index contributed by atoms with van der Waals surface area (Å²) in [6, 6.07) is 17.6. The van der Waals surface area contributed by atoms with Crippen molar-refractivity contribution in [2.45, 2.75) is 20.5 Å². The van der Waals surface area contributed by atoms with Gasteiger partial charge in [-0.15, -0.1) is 0 Å². The highest BCUT2D eigenvalue weighted by Gasteiger charge is 2.15. The number of nitrogens with one attached hydrogen (secondary N) is 1. The highest BCUT2D eigenvalue weighted by Crippen LogP contribution is 2.35. The van der Waals surface area contributed by atoms with E-state index in [1.54, 1.807) is 24.3 Å². The number of ether oxygens (including phenoxy) is 2. The van der Waals surface area contributed by atoms with Gasteiger partial charge in [-0.3, -0.25) is 4.79 Å². The summed E-state index contributed by atoms with van der Waals surface area (Å²) in [5.41, 5.74) is 4.12. The molecular formula is C27H23IN2O5. The van der Waals surface area contributed by atoms with E-state index in [1.807, 2.05) is 38.1 Å². The van der Waals surface area contributed by atoms with Gasteiger partial charge in [-0.1, -0.05) is 24.3 Å². The van der Waals surface area contributed by atoms with Gasteiger partial charge in [-0.25, -0.2) is 4.79 Å². The van der Waals surface area contributed by atoms with Crippen molar-refractivity contribution in [2.75, 3.05) is 12.4 Å². The third kappa shape index (κ3) is 6.61. The Morgan fingerprint density at radius 2 is 1.83 bits per heavy atom. The molecule has 2 N–H and O–H groups in total. The minimum atomic E-state index is -0.989.